The first-order valence-electron chi connectivity index (χ1n) is 9.00. The second-order valence-corrected chi connectivity index (χ2v) is 7.31. The monoisotopic (exact) mass is 394 g/mol. The molecule has 1 aromatic rings. The summed E-state index contributed by atoms with van der Waals surface area (Å²) < 4.78 is 10.1. The summed E-state index contributed by atoms with van der Waals surface area (Å²) in [7, 11) is 0. The number of aromatic hydroxyl groups is 1. The third-order valence-electron chi connectivity index (χ3n) is 4.48. The number of rotatable bonds is 5. The normalized spacial score (nSPS) is 27.8. The number of phenolic OH excluding ortho intramolecular Hbond substituents is 1. The maximum absolute atomic E-state index is 12.1. The second kappa shape index (κ2) is 8.72. The van der Waals surface area contributed by atoms with Crippen LogP contribution in [0.2, 0.25) is 0 Å². The molecule has 1 saturated carbocycles. The highest BCUT2D eigenvalue weighted by Gasteiger charge is 2.51. The fourth-order valence-corrected chi connectivity index (χ4v) is 2.99. The Kier molecular flexibility index (Phi) is 6.82. The lowest BCUT2D eigenvalue weighted by molar-refractivity contribution is -0.202. The SMILES string of the molecule is Cc1cc(/C=C/C(=O)OC2CC(O)(C(=O)OC(C)C)CC(O)C2O)ccc1O. The van der Waals surface area contributed by atoms with E-state index < -0.39 is 54.8 Å². The molecule has 4 atom stereocenters. The molecule has 1 aliphatic carbocycles. The number of phenols is 1. The minimum Gasteiger partial charge on any atom is -0.508 e. The lowest BCUT2D eigenvalue weighted by atomic mass is 9.79. The van der Waals surface area contributed by atoms with E-state index in [1.54, 1.807) is 32.9 Å². The molecular formula is C20H26O8. The Morgan fingerprint density at radius 3 is 2.54 bits per heavy atom. The Hall–Kier alpha value is -2.42. The summed E-state index contributed by atoms with van der Waals surface area (Å²) >= 11 is 0. The fraction of sp³-hybridized carbons (Fsp3) is 0.500. The van der Waals surface area contributed by atoms with Gasteiger partial charge in [-0.05, 0) is 50.1 Å². The summed E-state index contributed by atoms with van der Waals surface area (Å²) in [5, 5.41) is 40.1. The van der Waals surface area contributed by atoms with Gasteiger partial charge in [-0.15, -0.1) is 0 Å². The Morgan fingerprint density at radius 2 is 1.93 bits per heavy atom. The van der Waals surface area contributed by atoms with Gasteiger partial charge in [-0.2, -0.15) is 0 Å². The van der Waals surface area contributed by atoms with Gasteiger partial charge in [-0.3, -0.25) is 0 Å². The van der Waals surface area contributed by atoms with Gasteiger partial charge < -0.3 is 29.9 Å². The van der Waals surface area contributed by atoms with Crippen molar-refractivity contribution in [2.75, 3.05) is 0 Å². The Morgan fingerprint density at radius 1 is 1.25 bits per heavy atom. The van der Waals surface area contributed by atoms with Gasteiger partial charge in [0.25, 0.3) is 0 Å². The van der Waals surface area contributed by atoms with E-state index in [9.17, 15) is 30.0 Å². The predicted molar refractivity (Wildman–Crippen MR) is 99.2 cm³/mol. The van der Waals surface area contributed by atoms with Crippen LogP contribution in [0.1, 0.15) is 37.8 Å². The smallest absolute Gasteiger partial charge is 0.338 e. The van der Waals surface area contributed by atoms with Crippen LogP contribution in [0.25, 0.3) is 6.08 Å². The zero-order valence-corrected chi connectivity index (χ0v) is 16.0. The van der Waals surface area contributed by atoms with Crippen molar-refractivity contribution >= 4 is 18.0 Å². The van der Waals surface area contributed by atoms with Crippen LogP contribution in [-0.2, 0) is 19.1 Å². The quantitative estimate of drug-likeness (QED) is 0.426. The number of carbonyl (C=O) groups excluding carboxylic acids is 2. The molecule has 1 fully saturated rings. The highest BCUT2D eigenvalue weighted by molar-refractivity contribution is 5.87. The van der Waals surface area contributed by atoms with E-state index in [1.165, 1.54) is 12.1 Å². The predicted octanol–water partition coefficient (Wildman–Crippen LogP) is 0.824. The molecule has 0 heterocycles. The summed E-state index contributed by atoms with van der Waals surface area (Å²) in [6.07, 6.45) is -2.90. The van der Waals surface area contributed by atoms with E-state index in [2.05, 4.69) is 0 Å². The maximum Gasteiger partial charge on any atom is 0.338 e. The zero-order chi connectivity index (χ0) is 21.1. The average Bonchev–Trinajstić information content (AvgIpc) is 2.59. The molecule has 154 valence electrons. The van der Waals surface area contributed by atoms with Gasteiger partial charge in [-0.1, -0.05) is 6.07 Å². The first-order valence-corrected chi connectivity index (χ1v) is 9.00. The first kappa shape index (κ1) is 21.9. The van der Waals surface area contributed by atoms with E-state index in [-0.39, 0.29) is 5.75 Å². The molecule has 0 bridgehead atoms. The van der Waals surface area contributed by atoms with E-state index >= 15 is 0 Å². The van der Waals surface area contributed by atoms with Crippen LogP contribution in [0, 0.1) is 6.92 Å². The molecule has 4 N–H and O–H groups in total. The lowest BCUT2D eigenvalue weighted by Gasteiger charge is -2.40. The number of benzene rings is 1. The standard InChI is InChI=1S/C20H26O8/c1-11(2)27-19(25)20(26)9-15(22)18(24)16(10-20)28-17(23)7-5-13-4-6-14(21)12(3)8-13/h4-8,11,15-16,18,21-22,24,26H,9-10H2,1-3H3/b7-5+. The Labute approximate surface area is 163 Å². The summed E-state index contributed by atoms with van der Waals surface area (Å²) in [6, 6.07) is 4.76. The highest BCUT2D eigenvalue weighted by Crippen LogP contribution is 2.32. The third kappa shape index (κ3) is 5.31. The number of esters is 2. The largest absolute Gasteiger partial charge is 0.508 e. The fourth-order valence-electron chi connectivity index (χ4n) is 2.99. The van der Waals surface area contributed by atoms with E-state index in [1.807, 2.05) is 0 Å². The number of aliphatic hydroxyl groups excluding tert-OH is 2. The Balaban J connectivity index is 2.07. The summed E-state index contributed by atoms with van der Waals surface area (Å²) in [5.41, 5.74) is -0.783. The van der Waals surface area contributed by atoms with Gasteiger partial charge in [0, 0.05) is 18.9 Å². The minimum absolute atomic E-state index is 0.131. The van der Waals surface area contributed by atoms with Gasteiger partial charge in [0.1, 0.15) is 18.0 Å². The van der Waals surface area contributed by atoms with Crippen molar-refractivity contribution in [3.8, 4) is 5.75 Å². The second-order valence-electron chi connectivity index (χ2n) is 7.31. The molecule has 28 heavy (non-hydrogen) atoms. The molecule has 4 unspecified atom stereocenters. The van der Waals surface area contributed by atoms with Crippen LogP contribution in [0.4, 0.5) is 0 Å². The number of hydrogen-bond acceptors (Lipinski definition) is 8. The molecule has 1 aromatic carbocycles. The first-order chi connectivity index (χ1) is 13.0. The van der Waals surface area contributed by atoms with Gasteiger partial charge in [0.2, 0.25) is 0 Å². The zero-order valence-electron chi connectivity index (χ0n) is 16.0. The van der Waals surface area contributed by atoms with Crippen molar-refractivity contribution in [2.24, 2.45) is 0 Å². The van der Waals surface area contributed by atoms with Crippen LogP contribution < -0.4 is 0 Å². The minimum atomic E-state index is -2.06. The van der Waals surface area contributed by atoms with Crippen LogP contribution in [-0.4, -0.2) is 62.4 Å². The van der Waals surface area contributed by atoms with E-state index in [4.69, 9.17) is 9.47 Å². The molecule has 0 aliphatic heterocycles. The van der Waals surface area contributed by atoms with Gasteiger partial charge in [-0.25, -0.2) is 9.59 Å². The molecule has 8 heteroatoms. The highest BCUT2D eigenvalue weighted by atomic mass is 16.6. The van der Waals surface area contributed by atoms with Gasteiger partial charge in [0.15, 0.2) is 5.60 Å². The van der Waals surface area contributed by atoms with Crippen molar-refractivity contribution in [1.82, 2.24) is 0 Å². The van der Waals surface area contributed by atoms with E-state index in [0.29, 0.717) is 11.1 Å². The van der Waals surface area contributed by atoms with Gasteiger partial charge >= 0.3 is 11.9 Å². The molecular weight excluding hydrogens is 368 g/mol. The number of aryl methyl sites for hydroxylation is 1. The number of ether oxygens (including phenoxy) is 2. The molecule has 0 spiro atoms. The molecule has 1 aliphatic rings. The average molecular weight is 394 g/mol. The van der Waals surface area contributed by atoms with Crippen LogP contribution >= 0.6 is 0 Å². The summed E-state index contributed by atoms with van der Waals surface area (Å²) in [5.74, 6) is -1.63. The third-order valence-corrected chi connectivity index (χ3v) is 4.48. The van der Waals surface area contributed by atoms with Gasteiger partial charge in [0.05, 0.1) is 12.2 Å². The number of hydrogen-bond donors (Lipinski definition) is 4. The molecule has 0 aromatic heterocycles. The van der Waals surface area contributed by atoms with E-state index in [0.717, 1.165) is 6.08 Å². The van der Waals surface area contributed by atoms with Crippen LogP contribution in [0.15, 0.2) is 24.3 Å². The van der Waals surface area contributed by atoms with Crippen molar-refractivity contribution in [2.45, 2.75) is 63.6 Å². The molecule has 8 nitrogen and oxygen atoms in total. The van der Waals surface area contributed by atoms with Crippen LogP contribution in [0.3, 0.4) is 0 Å². The van der Waals surface area contributed by atoms with Crippen molar-refractivity contribution < 1.29 is 39.5 Å². The molecule has 0 radical (unpaired) electrons. The summed E-state index contributed by atoms with van der Waals surface area (Å²) in [4.78, 5) is 24.2. The molecule has 2 rings (SSSR count). The Bertz CT molecular complexity index is 757. The molecule has 0 saturated heterocycles. The number of carbonyl (C=O) groups is 2. The van der Waals surface area contributed by atoms with Crippen molar-refractivity contribution in [1.29, 1.82) is 0 Å². The maximum atomic E-state index is 12.1. The number of aliphatic hydroxyl groups is 3. The van der Waals surface area contributed by atoms with Crippen molar-refractivity contribution in [3.63, 3.8) is 0 Å². The topological polar surface area (TPSA) is 134 Å². The lowest BCUT2D eigenvalue weighted by Crippen LogP contribution is -2.57. The molecule has 0 amide bonds. The van der Waals surface area contributed by atoms with Crippen molar-refractivity contribution in [3.05, 3.63) is 35.4 Å². The van der Waals surface area contributed by atoms with Crippen LogP contribution in [0.5, 0.6) is 5.75 Å². The summed E-state index contributed by atoms with van der Waals surface area (Å²) in [6.45, 7) is 4.94.